The second kappa shape index (κ2) is 11.6. The lowest BCUT2D eigenvalue weighted by Crippen LogP contribution is -2.41. The highest BCUT2D eigenvalue weighted by molar-refractivity contribution is 14.0. The molecule has 0 aromatic heterocycles. The molecule has 1 amide bonds. The number of likely N-dealkylation sites (tertiary alicyclic amines) is 1. The number of methoxy groups -OCH3 is 1. The number of aryl methyl sites for hydroxylation is 1. The van der Waals surface area contributed by atoms with Crippen LogP contribution in [0.15, 0.2) is 27.7 Å². The quantitative estimate of drug-likeness (QED) is 0.248. The Kier molecular flexibility index (Phi) is 10.2. The third kappa shape index (κ3) is 6.61. The predicted molar refractivity (Wildman–Crippen MR) is 125 cm³/mol. The summed E-state index contributed by atoms with van der Waals surface area (Å²) in [6.07, 6.45) is 0.314. The number of anilines is 1. The summed E-state index contributed by atoms with van der Waals surface area (Å²) in [5.74, 6) is 0.473. The monoisotopic (exact) mass is 566 g/mol. The second-order valence-corrected chi connectivity index (χ2v) is 7.66. The normalized spacial score (nSPS) is 19.0. The molecule has 9 heteroatoms. The number of hydrogen-bond donors (Lipinski definition) is 2. The van der Waals surface area contributed by atoms with Crippen molar-refractivity contribution in [3.63, 3.8) is 0 Å². The van der Waals surface area contributed by atoms with Crippen molar-refractivity contribution < 1.29 is 14.3 Å². The van der Waals surface area contributed by atoms with E-state index < -0.39 is 0 Å². The van der Waals surface area contributed by atoms with Crippen molar-refractivity contribution >= 4 is 63.4 Å². The molecule has 2 unspecified atom stereocenters. The number of esters is 1. The van der Waals surface area contributed by atoms with Gasteiger partial charge in [0.2, 0.25) is 5.91 Å². The van der Waals surface area contributed by atoms with Crippen molar-refractivity contribution in [1.29, 1.82) is 0 Å². The van der Waals surface area contributed by atoms with Crippen LogP contribution >= 0.6 is 39.9 Å². The van der Waals surface area contributed by atoms with Gasteiger partial charge in [0.05, 0.1) is 13.0 Å². The van der Waals surface area contributed by atoms with Crippen LogP contribution in [-0.2, 0) is 14.3 Å². The zero-order chi connectivity index (χ0) is 20.0. The molecule has 156 valence electrons. The number of carbonyl (C=O) groups excluding carboxylic acids is 2. The Balaban J connectivity index is 0.00000392. The van der Waals surface area contributed by atoms with Gasteiger partial charge in [-0.05, 0) is 30.5 Å². The lowest BCUT2D eigenvalue weighted by Gasteiger charge is -2.21. The first-order chi connectivity index (χ1) is 12.8. The zero-order valence-corrected chi connectivity index (χ0v) is 20.5. The van der Waals surface area contributed by atoms with Gasteiger partial charge in [0.1, 0.15) is 0 Å². The molecule has 1 heterocycles. The van der Waals surface area contributed by atoms with Gasteiger partial charge in [-0.3, -0.25) is 14.6 Å². The van der Waals surface area contributed by atoms with Gasteiger partial charge in [0, 0.05) is 43.3 Å². The summed E-state index contributed by atoms with van der Waals surface area (Å²) in [4.78, 5) is 30.4. The van der Waals surface area contributed by atoms with E-state index in [0.717, 1.165) is 22.3 Å². The van der Waals surface area contributed by atoms with Crippen molar-refractivity contribution in [2.24, 2.45) is 16.8 Å². The minimum Gasteiger partial charge on any atom is -0.469 e. The molecule has 1 aliphatic rings. The standard InChI is InChI=1S/C19H27BrN4O3.HI/c1-12-5-6-14(20)9-16(12)23-17(25)7-8-22-19(21-3)24-10-13(2)15(11-24)18(26)27-4;/h5-6,9,13,15H,7-8,10-11H2,1-4H3,(H,21,22)(H,23,25);1H. The number of ether oxygens (including phenoxy) is 1. The molecule has 1 aromatic rings. The van der Waals surface area contributed by atoms with Gasteiger partial charge in [-0.1, -0.05) is 28.9 Å². The number of aliphatic imine (C=N–C) groups is 1. The topological polar surface area (TPSA) is 83.0 Å². The van der Waals surface area contributed by atoms with E-state index in [1.807, 2.05) is 36.9 Å². The molecular weight excluding hydrogens is 539 g/mol. The number of benzene rings is 1. The number of halogens is 2. The molecule has 2 N–H and O–H groups in total. The van der Waals surface area contributed by atoms with Crippen molar-refractivity contribution in [2.75, 3.05) is 39.1 Å². The SMILES string of the molecule is CN=C(NCCC(=O)Nc1cc(Br)ccc1C)N1CC(C)C(C(=O)OC)C1.I. The van der Waals surface area contributed by atoms with E-state index in [0.29, 0.717) is 25.5 Å². The second-order valence-electron chi connectivity index (χ2n) is 6.74. The molecule has 0 aliphatic carbocycles. The fourth-order valence-electron chi connectivity index (χ4n) is 3.16. The Morgan fingerprint density at radius 2 is 2.07 bits per heavy atom. The van der Waals surface area contributed by atoms with Crippen LogP contribution in [0.5, 0.6) is 0 Å². The van der Waals surface area contributed by atoms with E-state index in [1.54, 1.807) is 7.05 Å². The third-order valence-electron chi connectivity index (χ3n) is 4.74. The first-order valence-corrected chi connectivity index (χ1v) is 9.74. The van der Waals surface area contributed by atoms with Gasteiger partial charge in [-0.15, -0.1) is 24.0 Å². The highest BCUT2D eigenvalue weighted by Gasteiger charge is 2.36. The Morgan fingerprint density at radius 1 is 1.36 bits per heavy atom. The Bertz CT molecular complexity index is 729. The van der Waals surface area contributed by atoms with E-state index in [2.05, 4.69) is 31.6 Å². The fraction of sp³-hybridized carbons (Fsp3) is 0.526. The Labute approximate surface area is 191 Å². The van der Waals surface area contributed by atoms with E-state index in [1.165, 1.54) is 7.11 Å². The summed E-state index contributed by atoms with van der Waals surface area (Å²) in [7, 11) is 3.11. The lowest BCUT2D eigenvalue weighted by molar-refractivity contribution is -0.146. The lowest BCUT2D eigenvalue weighted by atomic mass is 9.99. The van der Waals surface area contributed by atoms with Crippen LogP contribution in [-0.4, -0.2) is 56.5 Å². The minimum absolute atomic E-state index is 0. The molecule has 2 rings (SSSR count). The van der Waals surface area contributed by atoms with Crippen LogP contribution in [0, 0.1) is 18.8 Å². The number of rotatable bonds is 5. The van der Waals surface area contributed by atoms with Crippen LogP contribution < -0.4 is 10.6 Å². The van der Waals surface area contributed by atoms with E-state index in [4.69, 9.17) is 4.74 Å². The number of amides is 1. The van der Waals surface area contributed by atoms with E-state index in [-0.39, 0.29) is 47.7 Å². The van der Waals surface area contributed by atoms with Crippen LogP contribution in [0.4, 0.5) is 5.69 Å². The van der Waals surface area contributed by atoms with Crippen molar-refractivity contribution in [2.45, 2.75) is 20.3 Å². The maximum atomic E-state index is 12.2. The van der Waals surface area contributed by atoms with Gasteiger partial charge in [0.25, 0.3) is 0 Å². The first kappa shape index (κ1) is 24.7. The molecule has 0 saturated carbocycles. The smallest absolute Gasteiger partial charge is 0.310 e. The summed E-state index contributed by atoms with van der Waals surface area (Å²) in [6, 6.07) is 5.78. The summed E-state index contributed by atoms with van der Waals surface area (Å²) in [5.41, 5.74) is 1.81. The maximum Gasteiger partial charge on any atom is 0.310 e. The molecule has 7 nitrogen and oxygen atoms in total. The van der Waals surface area contributed by atoms with E-state index in [9.17, 15) is 9.59 Å². The average molecular weight is 567 g/mol. The first-order valence-electron chi connectivity index (χ1n) is 8.95. The summed E-state index contributed by atoms with van der Waals surface area (Å²) < 4.78 is 5.79. The molecule has 1 aliphatic heterocycles. The Morgan fingerprint density at radius 3 is 2.71 bits per heavy atom. The number of nitrogens with one attached hydrogen (secondary N) is 2. The number of nitrogens with zero attached hydrogens (tertiary/aromatic N) is 2. The zero-order valence-electron chi connectivity index (χ0n) is 16.6. The Hall–Kier alpha value is -1.36. The van der Waals surface area contributed by atoms with Gasteiger partial charge in [-0.25, -0.2) is 0 Å². The van der Waals surface area contributed by atoms with E-state index >= 15 is 0 Å². The molecule has 1 fully saturated rings. The summed E-state index contributed by atoms with van der Waals surface area (Å²) in [6.45, 7) is 5.73. The van der Waals surface area contributed by atoms with Crippen molar-refractivity contribution in [3.05, 3.63) is 28.2 Å². The summed E-state index contributed by atoms with van der Waals surface area (Å²) >= 11 is 3.41. The molecule has 0 radical (unpaired) electrons. The largest absolute Gasteiger partial charge is 0.469 e. The number of carbonyl (C=O) groups is 2. The van der Waals surface area contributed by atoms with Crippen LogP contribution in [0.25, 0.3) is 0 Å². The minimum atomic E-state index is -0.191. The van der Waals surface area contributed by atoms with Crippen LogP contribution in [0.1, 0.15) is 18.9 Å². The molecular formula is C19H28BrIN4O3. The van der Waals surface area contributed by atoms with Gasteiger partial charge in [-0.2, -0.15) is 0 Å². The van der Waals surface area contributed by atoms with Crippen LogP contribution in [0.3, 0.4) is 0 Å². The van der Waals surface area contributed by atoms with Crippen molar-refractivity contribution in [1.82, 2.24) is 10.2 Å². The number of hydrogen-bond acceptors (Lipinski definition) is 4. The highest BCUT2D eigenvalue weighted by Crippen LogP contribution is 2.24. The highest BCUT2D eigenvalue weighted by atomic mass is 127. The number of guanidine groups is 1. The molecule has 28 heavy (non-hydrogen) atoms. The van der Waals surface area contributed by atoms with Gasteiger partial charge in [0.15, 0.2) is 5.96 Å². The van der Waals surface area contributed by atoms with Gasteiger partial charge < -0.3 is 20.3 Å². The molecule has 1 saturated heterocycles. The van der Waals surface area contributed by atoms with Crippen LogP contribution in [0.2, 0.25) is 0 Å². The van der Waals surface area contributed by atoms with Gasteiger partial charge >= 0.3 is 5.97 Å². The fourth-order valence-corrected chi connectivity index (χ4v) is 3.52. The third-order valence-corrected chi connectivity index (χ3v) is 5.23. The molecule has 2 atom stereocenters. The molecule has 0 spiro atoms. The molecule has 0 bridgehead atoms. The average Bonchev–Trinajstić information content (AvgIpc) is 3.02. The summed E-state index contributed by atoms with van der Waals surface area (Å²) in [5, 5.41) is 6.13. The molecule has 1 aromatic carbocycles. The van der Waals surface area contributed by atoms with Crippen molar-refractivity contribution in [3.8, 4) is 0 Å². The maximum absolute atomic E-state index is 12.2. The predicted octanol–water partition coefficient (Wildman–Crippen LogP) is 3.02.